The lowest BCUT2D eigenvalue weighted by Gasteiger charge is -2.33. The van der Waals surface area contributed by atoms with Crippen LogP contribution in [0.25, 0.3) is 0 Å². The van der Waals surface area contributed by atoms with Gasteiger partial charge in [0, 0.05) is 20.6 Å². The number of methoxy groups -OCH3 is 1. The monoisotopic (exact) mass is 369 g/mol. The van der Waals surface area contributed by atoms with Crippen LogP contribution in [0.3, 0.4) is 0 Å². The quantitative estimate of drug-likeness (QED) is 0.829. The fourth-order valence-corrected chi connectivity index (χ4v) is 2.93. The molecular weight excluding hydrogens is 346 g/mol. The SMILES string of the molecule is C=C1N(C)C(=O)c2c(cnn2CC(=O)NCCc2ccc(OC)cc2)N1C. The minimum absolute atomic E-state index is 0.0160. The molecule has 2 amide bonds. The van der Waals surface area contributed by atoms with Crippen LogP contribution < -0.4 is 15.0 Å². The van der Waals surface area contributed by atoms with Crippen molar-refractivity contribution in [1.82, 2.24) is 20.0 Å². The first-order chi connectivity index (χ1) is 12.9. The van der Waals surface area contributed by atoms with Crippen LogP contribution in [0, 0.1) is 0 Å². The highest BCUT2D eigenvalue weighted by Crippen LogP contribution is 2.29. The van der Waals surface area contributed by atoms with Crippen LogP contribution in [-0.4, -0.2) is 54.2 Å². The highest BCUT2D eigenvalue weighted by Gasteiger charge is 2.32. The Balaban J connectivity index is 1.59. The maximum Gasteiger partial charge on any atom is 0.279 e. The lowest BCUT2D eigenvalue weighted by molar-refractivity contribution is -0.121. The van der Waals surface area contributed by atoms with Gasteiger partial charge in [0.2, 0.25) is 5.91 Å². The molecule has 1 aliphatic rings. The number of nitrogens with zero attached hydrogens (tertiary/aromatic N) is 4. The third-order valence-corrected chi connectivity index (χ3v) is 4.65. The maximum atomic E-state index is 12.5. The zero-order valence-corrected chi connectivity index (χ0v) is 15.7. The van der Waals surface area contributed by atoms with Gasteiger partial charge < -0.3 is 15.0 Å². The molecule has 1 aromatic heterocycles. The first kappa shape index (κ1) is 18.5. The molecule has 0 saturated carbocycles. The van der Waals surface area contributed by atoms with Gasteiger partial charge in [-0.15, -0.1) is 0 Å². The van der Waals surface area contributed by atoms with E-state index < -0.39 is 0 Å². The fourth-order valence-electron chi connectivity index (χ4n) is 2.93. The van der Waals surface area contributed by atoms with Gasteiger partial charge in [-0.25, -0.2) is 4.68 Å². The van der Waals surface area contributed by atoms with Crippen LogP contribution in [0.2, 0.25) is 0 Å². The van der Waals surface area contributed by atoms with Crippen molar-refractivity contribution in [2.45, 2.75) is 13.0 Å². The van der Waals surface area contributed by atoms with E-state index in [0.29, 0.717) is 30.2 Å². The summed E-state index contributed by atoms with van der Waals surface area (Å²) in [6.07, 6.45) is 2.28. The summed E-state index contributed by atoms with van der Waals surface area (Å²) in [5, 5.41) is 7.07. The van der Waals surface area contributed by atoms with Crippen molar-refractivity contribution in [1.29, 1.82) is 0 Å². The Bertz CT molecular complexity index is 872. The van der Waals surface area contributed by atoms with Crippen molar-refractivity contribution >= 4 is 17.5 Å². The molecule has 1 aliphatic heterocycles. The Kier molecular flexibility index (Phi) is 5.16. The molecular formula is C19H23N5O3. The van der Waals surface area contributed by atoms with Gasteiger partial charge in [-0.2, -0.15) is 5.10 Å². The fraction of sp³-hybridized carbons (Fsp3) is 0.316. The number of rotatable bonds is 6. The summed E-state index contributed by atoms with van der Waals surface area (Å²) in [5.41, 5.74) is 2.14. The van der Waals surface area contributed by atoms with Crippen LogP contribution in [0.15, 0.2) is 42.9 Å². The molecule has 0 fully saturated rings. The molecule has 0 atom stereocenters. The van der Waals surface area contributed by atoms with E-state index in [1.807, 2.05) is 31.3 Å². The molecule has 0 aliphatic carbocycles. The average Bonchev–Trinajstić information content (AvgIpc) is 3.08. The van der Waals surface area contributed by atoms with E-state index in [-0.39, 0.29) is 18.4 Å². The van der Waals surface area contributed by atoms with Gasteiger partial charge in [0.15, 0.2) is 5.69 Å². The molecule has 3 rings (SSSR count). The summed E-state index contributed by atoms with van der Waals surface area (Å²) in [5.74, 6) is 0.943. The molecule has 8 nitrogen and oxygen atoms in total. The van der Waals surface area contributed by atoms with Gasteiger partial charge in [-0.1, -0.05) is 18.7 Å². The van der Waals surface area contributed by atoms with Gasteiger partial charge in [0.1, 0.15) is 18.1 Å². The number of amides is 2. The second-order valence-electron chi connectivity index (χ2n) is 6.32. The Hall–Kier alpha value is -3.29. The van der Waals surface area contributed by atoms with E-state index in [1.165, 1.54) is 9.58 Å². The van der Waals surface area contributed by atoms with E-state index in [0.717, 1.165) is 11.3 Å². The third-order valence-electron chi connectivity index (χ3n) is 4.65. The van der Waals surface area contributed by atoms with Gasteiger partial charge >= 0.3 is 0 Å². The number of aromatic nitrogens is 2. The highest BCUT2D eigenvalue weighted by atomic mass is 16.5. The number of benzene rings is 1. The molecule has 1 aromatic carbocycles. The van der Waals surface area contributed by atoms with Gasteiger partial charge in [0.25, 0.3) is 5.91 Å². The molecule has 2 aromatic rings. The summed E-state index contributed by atoms with van der Waals surface area (Å²) >= 11 is 0. The van der Waals surface area contributed by atoms with Crippen LogP contribution in [0.5, 0.6) is 5.75 Å². The topological polar surface area (TPSA) is 79.7 Å². The summed E-state index contributed by atoms with van der Waals surface area (Å²) in [6, 6.07) is 7.71. The zero-order valence-electron chi connectivity index (χ0n) is 15.7. The third kappa shape index (κ3) is 3.64. The van der Waals surface area contributed by atoms with Crippen molar-refractivity contribution in [3.63, 3.8) is 0 Å². The van der Waals surface area contributed by atoms with Crippen molar-refractivity contribution in [2.24, 2.45) is 0 Å². The Morgan fingerprint density at radius 3 is 2.59 bits per heavy atom. The second kappa shape index (κ2) is 7.53. The number of anilines is 1. The van der Waals surface area contributed by atoms with Crippen LogP contribution in [0.1, 0.15) is 16.1 Å². The predicted molar refractivity (Wildman–Crippen MR) is 102 cm³/mol. The molecule has 27 heavy (non-hydrogen) atoms. The number of ether oxygens (including phenoxy) is 1. The van der Waals surface area contributed by atoms with E-state index in [2.05, 4.69) is 17.0 Å². The van der Waals surface area contributed by atoms with E-state index in [9.17, 15) is 9.59 Å². The molecule has 0 radical (unpaired) electrons. The van der Waals surface area contributed by atoms with Crippen molar-refractivity contribution < 1.29 is 14.3 Å². The zero-order chi connectivity index (χ0) is 19.6. The molecule has 8 heteroatoms. The first-order valence-corrected chi connectivity index (χ1v) is 8.58. The van der Waals surface area contributed by atoms with Crippen LogP contribution >= 0.6 is 0 Å². The van der Waals surface area contributed by atoms with Crippen molar-refractivity contribution in [3.8, 4) is 5.75 Å². The first-order valence-electron chi connectivity index (χ1n) is 8.58. The summed E-state index contributed by atoms with van der Waals surface area (Å²) in [7, 11) is 5.08. The normalized spacial score (nSPS) is 13.6. The Labute approximate surface area is 158 Å². The number of fused-ring (bicyclic) bond motifs is 1. The molecule has 2 heterocycles. The molecule has 0 spiro atoms. The smallest absolute Gasteiger partial charge is 0.279 e. The van der Waals surface area contributed by atoms with Crippen LogP contribution in [0.4, 0.5) is 5.69 Å². The lowest BCUT2D eigenvalue weighted by Crippen LogP contribution is -2.41. The number of carbonyl (C=O) groups excluding carboxylic acids is 2. The Morgan fingerprint density at radius 2 is 1.93 bits per heavy atom. The number of carbonyl (C=O) groups is 2. The predicted octanol–water partition coefficient (Wildman–Crippen LogP) is 1.24. The minimum atomic E-state index is -0.225. The highest BCUT2D eigenvalue weighted by molar-refractivity contribution is 6.02. The Morgan fingerprint density at radius 1 is 1.22 bits per heavy atom. The average molecular weight is 369 g/mol. The van der Waals surface area contributed by atoms with Gasteiger partial charge in [0.05, 0.1) is 19.0 Å². The number of nitrogens with one attached hydrogen (secondary N) is 1. The number of hydrogen-bond donors (Lipinski definition) is 1. The van der Waals surface area contributed by atoms with E-state index >= 15 is 0 Å². The van der Waals surface area contributed by atoms with Gasteiger partial charge in [-0.05, 0) is 24.1 Å². The van der Waals surface area contributed by atoms with Gasteiger partial charge in [-0.3, -0.25) is 14.5 Å². The largest absolute Gasteiger partial charge is 0.497 e. The standard InChI is InChI=1S/C19H23N5O3/c1-13-22(2)16-11-21-24(18(16)19(26)23(13)3)12-17(25)20-10-9-14-5-7-15(27-4)8-6-14/h5-8,11H,1,9-10,12H2,2-4H3,(H,20,25). The number of hydrogen-bond acceptors (Lipinski definition) is 5. The van der Waals surface area contributed by atoms with E-state index in [4.69, 9.17) is 4.74 Å². The summed E-state index contributed by atoms with van der Waals surface area (Å²) in [4.78, 5) is 28.0. The molecule has 0 unspecified atom stereocenters. The van der Waals surface area contributed by atoms with Crippen LogP contribution in [-0.2, 0) is 17.8 Å². The summed E-state index contributed by atoms with van der Waals surface area (Å²) < 4.78 is 6.56. The lowest BCUT2D eigenvalue weighted by atomic mass is 10.1. The summed E-state index contributed by atoms with van der Waals surface area (Å²) in [6.45, 7) is 4.37. The molecule has 0 bridgehead atoms. The molecule has 142 valence electrons. The maximum absolute atomic E-state index is 12.5. The van der Waals surface area contributed by atoms with Crippen molar-refractivity contribution in [3.05, 3.63) is 54.1 Å². The minimum Gasteiger partial charge on any atom is -0.497 e. The molecule has 0 saturated heterocycles. The van der Waals surface area contributed by atoms with E-state index in [1.54, 1.807) is 25.3 Å². The molecule has 1 N–H and O–H groups in total. The second-order valence-corrected chi connectivity index (χ2v) is 6.32. The van der Waals surface area contributed by atoms with Crippen molar-refractivity contribution in [2.75, 3.05) is 32.6 Å².